The molecule has 0 fully saturated rings. The summed E-state index contributed by atoms with van der Waals surface area (Å²) in [4.78, 5) is 26.2. The van der Waals surface area contributed by atoms with Gasteiger partial charge in [0.15, 0.2) is 0 Å². The predicted octanol–water partition coefficient (Wildman–Crippen LogP) is 1.17. The zero-order chi connectivity index (χ0) is 13.0. The van der Waals surface area contributed by atoms with Gasteiger partial charge in [0.05, 0.1) is 18.9 Å². The summed E-state index contributed by atoms with van der Waals surface area (Å²) in [5.41, 5.74) is -0.137. The highest BCUT2D eigenvalue weighted by Gasteiger charge is 2.19. The number of esters is 1. The van der Waals surface area contributed by atoms with E-state index in [1.54, 1.807) is 0 Å². The summed E-state index contributed by atoms with van der Waals surface area (Å²) in [5, 5.41) is 2.17. The fourth-order valence-corrected chi connectivity index (χ4v) is 1.28. The number of nitrogens with zero attached hydrogens (tertiary/aromatic N) is 1. The standard InChI is InChI=1S/C10H10ClFN2O3/c1-5(10(16)17-2)14-9(15)7-3-6(12)4-13-8(7)11/h3-5H,1-2H3,(H,14,15)/t5-/m0/s1. The summed E-state index contributed by atoms with van der Waals surface area (Å²) in [5.74, 6) is -2.00. The number of halogens is 2. The number of carbonyl (C=O) groups is 2. The van der Waals surface area contributed by atoms with Crippen LogP contribution in [0, 0.1) is 5.82 Å². The molecule has 1 aromatic rings. The second-order valence-corrected chi connectivity index (χ2v) is 3.57. The first kappa shape index (κ1) is 13.4. The van der Waals surface area contributed by atoms with Crippen molar-refractivity contribution in [1.82, 2.24) is 10.3 Å². The number of pyridine rings is 1. The Morgan fingerprint density at radius 1 is 1.59 bits per heavy atom. The van der Waals surface area contributed by atoms with Crippen molar-refractivity contribution in [3.8, 4) is 0 Å². The molecule has 92 valence electrons. The maximum absolute atomic E-state index is 12.9. The lowest BCUT2D eigenvalue weighted by molar-refractivity contribution is -0.142. The minimum absolute atomic E-state index is 0.137. The van der Waals surface area contributed by atoms with Gasteiger partial charge >= 0.3 is 5.97 Å². The number of nitrogens with one attached hydrogen (secondary N) is 1. The Hall–Kier alpha value is -1.69. The highest BCUT2D eigenvalue weighted by Crippen LogP contribution is 2.13. The highest BCUT2D eigenvalue weighted by molar-refractivity contribution is 6.32. The number of ether oxygens (including phenoxy) is 1. The number of aromatic nitrogens is 1. The quantitative estimate of drug-likeness (QED) is 0.654. The van der Waals surface area contributed by atoms with E-state index in [2.05, 4.69) is 15.0 Å². The third-order valence-electron chi connectivity index (χ3n) is 1.95. The summed E-state index contributed by atoms with van der Waals surface area (Å²) >= 11 is 5.63. The second kappa shape index (κ2) is 5.58. The van der Waals surface area contributed by atoms with Crippen LogP contribution >= 0.6 is 11.6 Å². The van der Waals surface area contributed by atoms with Gasteiger partial charge in [0.2, 0.25) is 0 Å². The van der Waals surface area contributed by atoms with E-state index >= 15 is 0 Å². The average molecular weight is 261 g/mol. The lowest BCUT2D eigenvalue weighted by Crippen LogP contribution is -2.39. The molecular formula is C10H10ClFN2O3. The normalized spacial score (nSPS) is 11.8. The van der Waals surface area contributed by atoms with Crippen LogP contribution in [0.1, 0.15) is 17.3 Å². The van der Waals surface area contributed by atoms with Gasteiger partial charge in [-0.1, -0.05) is 11.6 Å². The molecule has 0 aliphatic rings. The summed E-state index contributed by atoms with van der Waals surface area (Å²) in [6, 6.07) is 0.0844. The Kier molecular flexibility index (Phi) is 4.39. The number of carbonyl (C=O) groups excluding carboxylic acids is 2. The number of methoxy groups -OCH3 is 1. The van der Waals surface area contributed by atoms with E-state index in [4.69, 9.17) is 11.6 Å². The molecule has 0 unspecified atom stereocenters. The van der Waals surface area contributed by atoms with Crippen LogP contribution in [-0.4, -0.2) is 30.0 Å². The van der Waals surface area contributed by atoms with E-state index in [9.17, 15) is 14.0 Å². The van der Waals surface area contributed by atoms with Gasteiger partial charge in [0.1, 0.15) is 17.0 Å². The molecule has 0 aromatic carbocycles. The van der Waals surface area contributed by atoms with Gasteiger partial charge in [-0.3, -0.25) is 4.79 Å². The topological polar surface area (TPSA) is 68.3 Å². The van der Waals surface area contributed by atoms with Crippen LogP contribution < -0.4 is 5.32 Å². The number of amides is 1. The zero-order valence-corrected chi connectivity index (χ0v) is 9.92. The summed E-state index contributed by atoms with van der Waals surface area (Å²) < 4.78 is 17.3. The molecular weight excluding hydrogens is 251 g/mol. The fraction of sp³-hybridized carbons (Fsp3) is 0.300. The average Bonchev–Trinajstić information content (AvgIpc) is 2.30. The molecule has 1 aromatic heterocycles. The monoisotopic (exact) mass is 260 g/mol. The Labute approximate surface area is 102 Å². The predicted molar refractivity (Wildman–Crippen MR) is 58.1 cm³/mol. The van der Waals surface area contributed by atoms with Crippen molar-refractivity contribution in [2.45, 2.75) is 13.0 Å². The first-order valence-corrected chi connectivity index (χ1v) is 5.03. The Morgan fingerprint density at radius 2 is 2.24 bits per heavy atom. The molecule has 0 radical (unpaired) electrons. The van der Waals surface area contributed by atoms with Crippen molar-refractivity contribution < 1.29 is 18.7 Å². The van der Waals surface area contributed by atoms with Gasteiger partial charge < -0.3 is 10.1 Å². The second-order valence-electron chi connectivity index (χ2n) is 3.21. The summed E-state index contributed by atoms with van der Waals surface area (Å²) in [7, 11) is 1.20. The van der Waals surface area contributed by atoms with Gasteiger partial charge in [-0.15, -0.1) is 0 Å². The van der Waals surface area contributed by atoms with Gasteiger partial charge in [0, 0.05) is 0 Å². The molecule has 1 atom stereocenters. The summed E-state index contributed by atoms with van der Waals surface area (Å²) in [6.07, 6.45) is 0.892. The smallest absolute Gasteiger partial charge is 0.328 e. The van der Waals surface area contributed by atoms with Crippen molar-refractivity contribution in [3.63, 3.8) is 0 Å². The zero-order valence-electron chi connectivity index (χ0n) is 9.16. The first-order valence-electron chi connectivity index (χ1n) is 4.65. The maximum atomic E-state index is 12.9. The van der Waals surface area contributed by atoms with Crippen molar-refractivity contribution >= 4 is 23.5 Å². The minimum Gasteiger partial charge on any atom is -0.467 e. The van der Waals surface area contributed by atoms with E-state index in [1.165, 1.54) is 14.0 Å². The molecule has 17 heavy (non-hydrogen) atoms. The third-order valence-corrected chi connectivity index (χ3v) is 2.25. The van der Waals surface area contributed by atoms with Gasteiger partial charge in [0.25, 0.3) is 5.91 Å². The molecule has 0 saturated heterocycles. The van der Waals surface area contributed by atoms with E-state index in [1.807, 2.05) is 0 Å². The van der Waals surface area contributed by atoms with Crippen LogP contribution in [0.5, 0.6) is 0 Å². The van der Waals surface area contributed by atoms with Crippen molar-refractivity contribution in [2.75, 3.05) is 7.11 Å². The molecule has 7 heteroatoms. The molecule has 0 aliphatic heterocycles. The molecule has 5 nitrogen and oxygen atoms in total. The van der Waals surface area contributed by atoms with Crippen LogP contribution in [-0.2, 0) is 9.53 Å². The lowest BCUT2D eigenvalue weighted by Gasteiger charge is -2.11. The van der Waals surface area contributed by atoms with Gasteiger partial charge in [-0.05, 0) is 13.0 Å². The molecule has 1 heterocycles. The maximum Gasteiger partial charge on any atom is 0.328 e. The van der Waals surface area contributed by atoms with Crippen LogP contribution in [0.3, 0.4) is 0 Å². The first-order chi connectivity index (χ1) is 7.95. The molecule has 0 spiro atoms. The van der Waals surface area contributed by atoms with Crippen LogP contribution in [0.25, 0.3) is 0 Å². The lowest BCUT2D eigenvalue weighted by atomic mass is 10.2. The van der Waals surface area contributed by atoms with Crippen molar-refractivity contribution in [2.24, 2.45) is 0 Å². The van der Waals surface area contributed by atoms with Crippen molar-refractivity contribution in [1.29, 1.82) is 0 Å². The van der Waals surface area contributed by atoms with E-state index in [0.29, 0.717) is 0 Å². The van der Waals surface area contributed by atoms with Gasteiger partial charge in [-0.2, -0.15) is 0 Å². The number of hydrogen-bond acceptors (Lipinski definition) is 4. The largest absolute Gasteiger partial charge is 0.467 e. The number of hydrogen-bond donors (Lipinski definition) is 1. The summed E-state index contributed by atoms with van der Waals surface area (Å²) in [6.45, 7) is 1.43. The molecule has 0 aliphatic carbocycles. The third kappa shape index (κ3) is 3.39. The van der Waals surface area contributed by atoms with Crippen LogP contribution in [0.2, 0.25) is 5.15 Å². The Balaban J connectivity index is 2.83. The SMILES string of the molecule is COC(=O)[C@H](C)NC(=O)c1cc(F)cnc1Cl. The Morgan fingerprint density at radius 3 is 2.82 bits per heavy atom. The highest BCUT2D eigenvalue weighted by atomic mass is 35.5. The molecule has 1 N–H and O–H groups in total. The van der Waals surface area contributed by atoms with Gasteiger partial charge in [-0.25, -0.2) is 14.2 Å². The molecule has 0 bridgehead atoms. The Bertz CT molecular complexity index is 453. The minimum atomic E-state index is -0.855. The fourth-order valence-electron chi connectivity index (χ4n) is 1.09. The van der Waals surface area contributed by atoms with E-state index < -0.39 is 23.7 Å². The van der Waals surface area contributed by atoms with Crippen LogP contribution in [0.15, 0.2) is 12.3 Å². The van der Waals surface area contributed by atoms with Crippen molar-refractivity contribution in [3.05, 3.63) is 28.8 Å². The molecule has 1 amide bonds. The molecule has 1 rings (SSSR count). The van der Waals surface area contributed by atoms with E-state index in [0.717, 1.165) is 12.3 Å². The molecule has 0 saturated carbocycles. The number of rotatable bonds is 3. The van der Waals surface area contributed by atoms with Crippen LogP contribution in [0.4, 0.5) is 4.39 Å². The van der Waals surface area contributed by atoms with E-state index in [-0.39, 0.29) is 10.7 Å².